The highest BCUT2D eigenvalue weighted by molar-refractivity contribution is 8.18. The molecule has 0 saturated carbocycles. The second kappa shape index (κ2) is 5.57. The fourth-order valence-corrected chi connectivity index (χ4v) is 3.20. The predicted molar refractivity (Wildman–Crippen MR) is 77.7 cm³/mol. The summed E-state index contributed by atoms with van der Waals surface area (Å²) in [6.07, 6.45) is 8.99. The van der Waals surface area contributed by atoms with E-state index in [4.69, 9.17) is 0 Å². The van der Waals surface area contributed by atoms with Crippen LogP contribution in [0.4, 0.5) is 0 Å². The zero-order valence-corrected chi connectivity index (χ0v) is 11.4. The lowest BCUT2D eigenvalue weighted by atomic mass is 10.1. The van der Waals surface area contributed by atoms with E-state index in [1.807, 2.05) is 18.2 Å². The summed E-state index contributed by atoms with van der Waals surface area (Å²) in [5.74, 6) is -0.130. The second-order valence-electron chi connectivity index (χ2n) is 4.64. The molecule has 0 aromatic carbocycles. The zero-order valence-electron chi connectivity index (χ0n) is 10.6. The second-order valence-corrected chi connectivity index (χ2v) is 5.65. The number of hydrogen-bond donors (Lipinski definition) is 0. The van der Waals surface area contributed by atoms with Gasteiger partial charge in [0.05, 0.1) is 4.91 Å². The molecule has 2 aliphatic heterocycles. The third kappa shape index (κ3) is 2.87. The Kier molecular flexibility index (Phi) is 3.64. The van der Waals surface area contributed by atoms with Crippen molar-refractivity contribution >= 4 is 28.9 Å². The average Bonchev–Trinajstić information content (AvgIpc) is 2.82. The first-order valence-corrected chi connectivity index (χ1v) is 7.32. The van der Waals surface area contributed by atoms with Crippen molar-refractivity contribution in [1.29, 1.82) is 0 Å². The number of aromatic nitrogens is 1. The van der Waals surface area contributed by atoms with Crippen LogP contribution in [0.2, 0.25) is 0 Å². The fourth-order valence-electron chi connectivity index (χ4n) is 2.23. The van der Waals surface area contributed by atoms with Crippen LogP contribution in [0.3, 0.4) is 0 Å². The highest BCUT2D eigenvalue weighted by Crippen LogP contribution is 2.31. The molecule has 0 N–H and O–H groups in total. The van der Waals surface area contributed by atoms with Gasteiger partial charge in [-0.15, -0.1) is 0 Å². The molecule has 0 unspecified atom stereocenters. The quantitative estimate of drug-likeness (QED) is 0.738. The largest absolute Gasteiger partial charge is 0.351 e. The minimum atomic E-state index is -0.130. The average molecular weight is 273 g/mol. The van der Waals surface area contributed by atoms with Gasteiger partial charge in [0.25, 0.3) is 5.91 Å². The molecule has 0 atom stereocenters. The molecule has 98 valence electrons. The van der Waals surface area contributed by atoms with Gasteiger partial charge in [-0.1, -0.05) is 6.07 Å². The third-order valence-electron chi connectivity index (χ3n) is 3.22. The summed E-state index contributed by atoms with van der Waals surface area (Å²) in [5.41, 5.74) is 0.938. The fraction of sp³-hybridized carbons (Fsp3) is 0.357. The molecule has 0 aliphatic carbocycles. The number of piperidine rings is 1. The van der Waals surface area contributed by atoms with E-state index in [0.29, 0.717) is 4.91 Å². The topological polar surface area (TPSA) is 45.6 Å². The lowest BCUT2D eigenvalue weighted by Gasteiger charge is -2.27. The molecule has 2 aliphatic rings. The van der Waals surface area contributed by atoms with E-state index in [0.717, 1.165) is 23.8 Å². The molecule has 5 heteroatoms. The Morgan fingerprint density at radius 1 is 1.26 bits per heavy atom. The van der Waals surface area contributed by atoms with Crippen molar-refractivity contribution in [2.45, 2.75) is 19.3 Å². The van der Waals surface area contributed by atoms with Crippen LogP contribution in [-0.4, -0.2) is 34.0 Å². The number of nitrogens with zero attached hydrogens (tertiary/aromatic N) is 3. The number of hydrogen-bond acceptors (Lipinski definition) is 4. The number of carbonyl (C=O) groups is 1. The summed E-state index contributed by atoms with van der Waals surface area (Å²) in [6.45, 7) is 2.03. The molecule has 4 nitrogen and oxygen atoms in total. The molecule has 1 aromatic rings. The summed E-state index contributed by atoms with van der Waals surface area (Å²) in [6, 6.07) is 3.80. The summed E-state index contributed by atoms with van der Waals surface area (Å²) < 4.78 is 0. The number of thioether (sulfide) groups is 1. The van der Waals surface area contributed by atoms with Crippen LogP contribution < -0.4 is 0 Å². The van der Waals surface area contributed by atoms with E-state index in [9.17, 15) is 4.79 Å². The molecular formula is C14H15N3OS. The van der Waals surface area contributed by atoms with Gasteiger partial charge in [0, 0.05) is 25.5 Å². The summed E-state index contributed by atoms with van der Waals surface area (Å²) in [7, 11) is 0. The van der Waals surface area contributed by atoms with Gasteiger partial charge in [-0.3, -0.25) is 9.78 Å². The van der Waals surface area contributed by atoms with Crippen molar-refractivity contribution in [2.24, 2.45) is 4.99 Å². The van der Waals surface area contributed by atoms with Crippen molar-refractivity contribution in [1.82, 2.24) is 9.88 Å². The number of amidine groups is 1. The van der Waals surface area contributed by atoms with E-state index >= 15 is 0 Å². The van der Waals surface area contributed by atoms with Gasteiger partial charge in [0.15, 0.2) is 5.17 Å². The van der Waals surface area contributed by atoms with Crippen LogP contribution in [-0.2, 0) is 4.79 Å². The van der Waals surface area contributed by atoms with Crippen molar-refractivity contribution in [3.8, 4) is 0 Å². The first-order chi connectivity index (χ1) is 9.33. The van der Waals surface area contributed by atoms with Crippen molar-refractivity contribution in [2.75, 3.05) is 13.1 Å². The number of rotatable bonds is 1. The molecule has 1 aromatic heterocycles. The van der Waals surface area contributed by atoms with Crippen LogP contribution in [0.15, 0.2) is 34.4 Å². The zero-order chi connectivity index (χ0) is 13.1. The first-order valence-electron chi connectivity index (χ1n) is 6.50. The van der Waals surface area contributed by atoms with Gasteiger partial charge in [-0.05, 0) is 48.7 Å². The smallest absolute Gasteiger partial charge is 0.286 e. The Hall–Kier alpha value is -1.62. The molecule has 0 radical (unpaired) electrons. The Bertz CT molecular complexity index is 533. The first kappa shape index (κ1) is 12.4. The van der Waals surface area contributed by atoms with Gasteiger partial charge >= 0.3 is 0 Å². The Morgan fingerprint density at radius 2 is 2.11 bits per heavy atom. The van der Waals surface area contributed by atoms with Crippen LogP contribution in [0.25, 0.3) is 6.08 Å². The van der Waals surface area contributed by atoms with E-state index in [1.54, 1.807) is 12.4 Å². The number of likely N-dealkylation sites (tertiary alicyclic amines) is 1. The molecular weight excluding hydrogens is 258 g/mol. The Balaban J connectivity index is 1.74. The van der Waals surface area contributed by atoms with E-state index in [2.05, 4.69) is 14.9 Å². The van der Waals surface area contributed by atoms with Crippen LogP contribution in [0.5, 0.6) is 0 Å². The van der Waals surface area contributed by atoms with Crippen molar-refractivity contribution in [3.63, 3.8) is 0 Å². The summed E-state index contributed by atoms with van der Waals surface area (Å²) in [5, 5.41) is 0.861. The molecule has 1 fully saturated rings. The monoisotopic (exact) mass is 273 g/mol. The van der Waals surface area contributed by atoms with Gasteiger partial charge in [0.2, 0.25) is 0 Å². The third-order valence-corrected chi connectivity index (χ3v) is 4.26. The van der Waals surface area contributed by atoms with Gasteiger partial charge in [-0.2, -0.15) is 4.99 Å². The lowest BCUT2D eigenvalue weighted by Crippen LogP contribution is -2.33. The number of pyridine rings is 1. The predicted octanol–water partition coefficient (Wildman–Crippen LogP) is 2.54. The molecule has 19 heavy (non-hydrogen) atoms. The van der Waals surface area contributed by atoms with E-state index in [-0.39, 0.29) is 5.91 Å². The standard InChI is InChI=1S/C14H15N3OS/c18-13-12(9-11-5-4-6-15-10-11)19-14(16-13)17-7-2-1-3-8-17/h4-6,9-10H,1-3,7-8H2/b12-9-. The number of amides is 1. The maximum absolute atomic E-state index is 11.9. The molecule has 3 heterocycles. The van der Waals surface area contributed by atoms with E-state index in [1.165, 1.54) is 31.0 Å². The van der Waals surface area contributed by atoms with Gasteiger partial charge < -0.3 is 4.90 Å². The van der Waals surface area contributed by atoms with Crippen molar-refractivity contribution in [3.05, 3.63) is 35.0 Å². The van der Waals surface area contributed by atoms with Gasteiger partial charge in [-0.25, -0.2) is 0 Å². The lowest BCUT2D eigenvalue weighted by molar-refractivity contribution is -0.113. The minimum absolute atomic E-state index is 0.130. The maximum Gasteiger partial charge on any atom is 0.286 e. The number of aliphatic imine (C=N–C) groups is 1. The Labute approximate surface area is 116 Å². The number of carbonyl (C=O) groups excluding carboxylic acids is 1. The van der Waals surface area contributed by atoms with Crippen molar-refractivity contribution < 1.29 is 4.79 Å². The van der Waals surface area contributed by atoms with Gasteiger partial charge in [0.1, 0.15) is 0 Å². The van der Waals surface area contributed by atoms with E-state index < -0.39 is 0 Å². The minimum Gasteiger partial charge on any atom is -0.351 e. The highest BCUT2D eigenvalue weighted by Gasteiger charge is 2.26. The molecule has 0 bridgehead atoms. The Morgan fingerprint density at radius 3 is 2.84 bits per heavy atom. The maximum atomic E-state index is 11.9. The summed E-state index contributed by atoms with van der Waals surface area (Å²) in [4.78, 5) is 23.0. The molecule has 1 saturated heterocycles. The normalized spacial score (nSPS) is 21.9. The SMILES string of the molecule is O=C1N=C(N2CCCCC2)S/C1=C\c1cccnc1. The molecule has 3 rings (SSSR count). The molecule has 0 spiro atoms. The van der Waals surface area contributed by atoms with Crippen LogP contribution in [0, 0.1) is 0 Å². The highest BCUT2D eigenvalue weighted by atomic mass is 32.2. The van der Waals surface area contributed by atoms with Crippen LogP contribution in [0.1, 0.15) is 24.8 Å². The summed E-state index contributed by atoms with van der Waals surface area (Å²) >= 11 is 1.48. The van der Waals surface area contributed by atoms with Crippen LogP contribution >= 0.6 is 11.8 Å². The molecule has 1 amide bonds.